The van der Waals surface area contributed by atoms with Crippen LogP contribution in [-0.4, -0.2) is 23.0 Å². The smallest absolute Gasteiger partial charge is 0.224 e. The molecule has 0 radical (unpaired) electrons. The maximum atomic E-state index is 14.0. The number of nitrogens with zero attached hydrogens (tertiary/aromatic N) is 3. The van der Waals surface area contributed by atoms with E-state index in [-0.39, 0.29) is 39.0 Å². The van der Waals surface area contributed by atoms with E-state index in [1.54, 1.807) is 10.8 Å². The largest absolute Gasteiger partial charge is 0.369 e. The molecule has 2 aromatic heterocycles. The van der Waals surface area contributed by atoms with Gasteiger partial charge in [-0.2, -0.15) is 0 Å². The lowest BCUT2D eigenvalue weighted by atomic mass is 10.1. The molecule has 0 saturated heterocycles. The Bertz CT molecular complexity index is 1450. The molecule has 0 aliphatic rings. The SMILES string of the molecule is Cc1ncccc1Cn1c(COCc2ccccc2)nc(C(C)C)c1S(=O)(=O)c1cc(Cl)cc(Cl)c1. The van der Waals surface area contributed by atoms with Crippen LogP contribution in [0.25, 0.3) is 0 Å². The van der Waals surface area contributed by atoms with Gasteiger partial charge in [-0.3, -0.25) is 4.98 Å². The average Bonchev–Trinajstić information content (AvgIpc) is 3.20. The maximum Gasteiger partial charge on any atom is 0.224 e. The zero-order valence-corrected chi connectivity index (χ0v) is 22.6. The summed E-state index contributed by atoms with van der Waals surface area (Å²) in [6, 6.07) is 17.9. The molecule has 0 bridgehead atoms. The van der Waals surface area contributed by atoms with Crippen molar-refractivity contribution in [3.63, 3.8) is 0 Å². The molecule has 0 N–H and O–H groups in total. The molecule has 36 heavy (non-hydrogen) atoms. The van der Waals surface area contributed by atoms with Gasteiger partial charge in [-0.05, 0) is 48.2 Å². The van der Waals surface area contributed by atoms with Crippen LogP contribution < -0.4 is 0 Å². The maximum absolute atomic E-state index is 14.0. The molecule has 0 fully saturated rings. The monoisotopic (exact) mass is 543 g/mol. The lowest BCUT2D eigenvalue weighted by Gasteiger charge is -2.16. The van der Waals surface area contributed by atoms with E-state index >= 15 is 0 Å². The Morgan fingerprint density at radius 3 is 2.31 bits per heavy atom. The predicted octanol–water partition coefficient (Wildman–Crippen LogP) is 6.61. The summed E-state index contributed by atoms with van der Waals surface area (Å²) in [5.41, 5.74) is 3.17. The topological polar surface area (TPSA) is 74.1 Å². The standard InChI is InChI=1S/C27H27Cl2N3O3S/c1-18(2)26-27(36(33,34)24-13-22(28)12-23(29)14-24)32(15-21-10-7-11-30-19(21)3)25(31-26)17-35-16-20-8-5-4-6-9-20/h4-14,18H,15-17H2,1-3H3. The van der Waals surface area contributed by atoms with Crippen LogP contribution in [0, 0.1) is 6.92 Å². The molecule has 0 amide bonds. The highest BCUT2D eigenvalue weighted by atomic mass is 35.5. The third-order valence-corrected chi connectivity index (χ3v) is 7.99. The molecule has 4 aromatic rings. The molecule has 0 spiro atoms. The quantitative estimate of drug-likeness (QED) is 0.237. The summed E-state index contributed by atoms with van der Waals surface area (Å²) in [6.07, 6.45) is 1.71. The van der Waals surface area contributed by atoms with E-state index in [4.69, 9.17) is 32.9 Å². The molecule has 0 aliphatic carbocycles. The molecule has 0 atom stereocenters. The van der Waals surface area contributed by atoms with Gasteiger partial charge in [0.25, 0.3) is 0 Å². The second-order valence-corrected chi connectivity index (χ2v) is 11.5. The highest BCUT2D eigenvalue weighted by Crippen LogP contribution is 2.33. The van der Waals surface area contributed by atoms with E-state index in [0.717, 1.165) is 16.8 Å². The second kappa shape index (κ2) is 11.1. The van der Waals surface area contributed by atoms with E-state index in [1.165, 1.54) is 18.2 Å². The molecule has 0 aliphatic heterocycles. The zero-order valence-electron chi connectivity index (χ0n) is 20.3. The molecule has 0 saturated carbocycles. The van der Waals surface area contributed by atoms with Crippen LogP contribution in [0.2, 0.25) is 10.0 Å². The number of halogens is 2. The summed E-state index contributed by atoms with van der Waals surface area (Å²) in [5, 5.41) is 0.595. The first-order valence-electron chi connectivity index (χ1n) is 11.5. The van der Waals surface area contributed by atoms with Gasteiger partial charge in [0.1, 0.15) is 12.4 Å². The normalized spacial score (nSPS) is 11.8. The van der Waals surface area contributed by atoms with Crippen LogP contribution in [0.1, 0.15) is 48.1 Å². The Hall–Kier alpha value is -2.71. The predicted molar refractivity (Wildman–Crippen MR) is 141 cm³/mol. The van der Waals surface area contributed by atoms with Crippen molar-refractivity contribution in [3.8, 4) is 0 Å². The first-order valence-corrected chi connectivity index (χ1v) is 13.7. The lowest BCUT2D eigenvalue weighted by Crippen LogP contribution is -2.16. The van der Waals surface area contributed by atoms with E-state index < -0.39 is 9.84 Å². The first kappa shape index (κ1) is 26.4. The third-order valence-electron chi connectivity index (χ3n) is 5.76. The van der Waals surface area contributed by atoms with Crippen LogP contribution >= 0.6 is 23.2 Å². The van der Waals surface area contributed by atoms with E-state index in [1.807, 2.05) is 63.2 Å². The van der Waals surface area contributed by atoms with E-state index in [2.05, 4.69) is 4.98 Å². The summed E-state index contributed by atoms with van der Waals surface area (Å²) in [4.78, 5) is 9.16. The van der Waals surface area contributed by atoms with Gasteiger partial charge in [-0.25, -0.2) is 13.4 Å². The summed E-state index contributed by atoms with van der Waals surface area (Å²) < 4.78 is 35.8. The van der Waals surface area contributed by atoms with Crippen LogP contribution in [0.3, 0.4) is 0 Å². The molecular formula is C27H27Cl2N3O3S. The van der Waals surface area contributed by atoms with Gasteiger partial charge < -0.3 is 9.30 Å². The van der Waals surface area contributed by atoms with Crippen molar-refractivity contribution in [2.75, 3.05) is 0 Å². The third kappa shape index (κ3) is 5.81. The van der Waals surface area contributed by atoms with Crippen molar-refractivity contribution in [1.82, 2.24) is 14.5 Å². The zero-order chi connectivity index (χ0) is 25.9. The summed E-state index contributed by atoms with van der Waals surface area (Å²) in [7, 11) is -4.02. The Kier molecular flexibility index (Phi) is 8.15. The number of aromatic nitrogens is 3. The van der Waals surface area contributed by atoms with Crippen LogP contribution in [-0.2, 0) is 34.3 Å². The summed E-state index contributed by atoms with van der Waals surface area (Å²) in [5.74, 6) is 0.359. The molecule has 9 heteroatoms. The Labute approximate surface area is 221 Å². The number of aryl methyl sites for hydroxylation is 1. The molecule has 6 nitrogen and oxygen atoms in total. The van der Waals surface area contributed by atoms with Crippen LogP contribution in [0.5, 0.6) is 0 Å². The van der Waals surface area contributed by atoms with Gasteiger partial charge in [-0.1, -0.05) is 73.4 Å². The summed E-state index contributed by atoms with van der Waals surface area (Å²) in [6.45, 7) is 6.52. The second-order valence-electron chi connectivity index (χ2n) is 8.79. The highest BCUT2D eigenvalue weighted by Gasteiger charge is 2.31. The molecule has 188 valence electrons. The van der Waals surface area contributed by atoms with Gasteiger partial charge in [0.2, 0.25) is 9.84 Å². The van der Waals surface area contributed by atoms with Gasteiger partial charge in [0, 0.05) is 21.9 Å². The van der Waals surface area contributed by atoms with Crippen molar-refractivity contribution in [2.24, 2.45) is 0 Å². The number of hydrogen-bond acceptors (Lipinski definition) is 5. The Morgan fingerprint density at radius 1 is 0.972 bits per heavy atom. The Morgan fingerprint density at radius 2 is 1.67 bits per heavy atom. The fourth-order valence-corrected chi connectivity index (χ4v) is 6.38. The van der Waals surface area contributed by atoms with Gasteiger partial charge in [-0.15, -0.1) is 0 Å². The number of ether oxygens (including phenoxy) is 1. The minimum Gasteiger partial charge on any atom is -0.369 e. The lowest BCUT2D eigenvalue weighted by molar-refractivity contribution is 0.0991. The molecule has 0 unspecified atom stereocenters. The number of sulfone groups is 1. The fourth-order valence-electron chi connectivity index (χ4n) is 3.92. The summed E-state index contributed by atoms with van der Waals surface area (Å²) >= 11 is 12.3. The van der Waals surface area contributed by atoms with Crippen molar-refractivity contribution >= 4 is 33.0 Å². The van der Waals surface area contributed by atoms with E-state index in [0.29, 0.717) is 18.1 Å². The minimum atomic E-state index is -4.02. The average molecular weight is 545 g/mol. The van der Waals surface area contributed by atoms with Gasteiger partial charge in [0.05, 0.1) is 23.7 Å². The number of imidazole rings is 1. The van der Waals surface area contributed by atoms with Crippen molar-refractivity contribution in [1.29, 1.82) is 0 Å². The minimum absolute atomic E-state index is 0.0164. The first-order chi connectivity index (χ1) is 17.2. The highest BCUT2D eigenvalue weighted by molar-refractivity contribution is 7.91. The molecular weight excluding hydrogens is 517 g/mol. The van der Waals surface area contributed by atoms with E-state index in [9.17, 15) is 8.42 Å². The van der Waals surface area contributed by atoms with Crippen LogP contribution in [0.4, 0.5) is 0 Å². The van der Waals surface area contributed by atoms with Crippen molar-refractivity contribution in [2.45, 2.75) is 56.4 Å². The molecule has 2 heterocycles. The molecule has 2 aromatic carbocycles. The van der Waals surface area contributed by atoms with Crippen LogP contribution in [0.15, 0.2) is 76.8 Å². The van der Waals surface area contributed by atoms with Gasteiger partial charge in [0.15, 0.2) is 5.03 Å². The van der Waals surface area contributed by atoms with Crippen molar-refractivity contribution in [3.05, 3.63) is 105 Å². The van der Waals surface area contributed by atoms with Crippen molar-refractivity contribution < 1.29 is 13.2 Å². The van der Waals surface area contributed by atoms with Gasteiger partial charge >= 0.3 is 0 Å². The molecule has 4 rings (SSSR count). The Balaban J connectivity index is 1.84. The fraction of sp³-hybridized carbons (Fsp3) is 0.259. The number of hydrogen-bond donors (Lipinski definition) is 0. The number of pyridine rings is 1. The number of benzene rings is 2. The number of rotatable bonds is 9.